The lowest BCUT2D eigenvalue weighted by Gasteiger charge is -2.21. The molecule has 138 valence electrons. The maximum Gasteiger partial charge on any atom is 0.328 e. The topological polar surface area (TPSA) is 72.5 Å². The van der Waals surface area contributed by atoms with Gasteiger partial charge in [0, 0.05) is 6.92 Å². The standard InChI is InChI=1S/C19H27NO4S/c1-13(2)12-16(19(23)24-4)20-18(22)17(25-14(3)21)11-10-15-8-6-5-7-9-15/h5-9,13,16-17H,10-12H2,1-4H3,(H,20,22). The Labute approximate surface area is 153 Å². The molecule has 0 radical (unpaired) electrons. The number of methoxy groups -OCH3 is 1. The van der Waals surface area contributed by atoms with Crippen LogP contribution in [0.1, 0.15) is 39.2 Å². The third-order valence-corrected chi connectivity index (χ3v) is 4.71. The summed E-state index contributed by atoms with van der Waals surface area (Å²) in [7, 11) is 1.30. The van der Waals surface area contributed by atoms with Gasteiger partial charge in [-0.05, 0) is 30.7 Å². The number of benzene rings is 1. The first-order chi connectivity index (χ1) is 11.8. The molecule has 0 bridgehead atoms. The van der Waals surface area contributed by atoms with Gasteiger partial charge >= 0.3 is 5.97 Å². The third-order valence-electron chi connectivity index (χ3n) is 3.65. The largest absolute Gasteiger partial charge is 0.467 e. The summed E-state index contributed by atoms with van der Waals surface area (Å²) >= 11 is 1.00. The van der Waals surface area contributed by atoms with E-state index in [-0.39, 0.29) is 16.9 Å². The van der Waals surface area contributed by atoms with Crippen molar-refractivity contribution in [2.45, 2.75) is 51.3 Å². The number of nitrogens with one attached hydrogen (secondary N) is 1. The molecular weight excluding hydrogens is 338 g/mol. The van der Waals surface area contributed by atoms with Crippen LogP contribution in [-0.2, 0) is 25.5 Å². The van der Waals surface area contributed by atoms with Crippen molar-refractivity contribution >= 4 is 28.8 Å². The molecule has 0 aromatic heterocycles. The fourth-order valence-corrected chi connectivity index (χ4v) is 3.29. The van der Waals surface area contributed by atoms with E-state index in [1.54, 1.807) is 0 Å². The Morgan fingerprint density at radius 2 is 1.80 bits per heavy atom. The second-order valence-electron chi connectivity index (χ2n) is 6.34. The van der Waals surface area contributed by atoms with Gasteiger partial charge < -0.3 is 10.1 Å². The number of hydrogen-bond acceptors (Lipinski definition) is 5. The SMILES string of the molecule is COC(=O)C(CC(C)C)NC(=O)C(CCc1ccccc1)SC(C)=O. The Balaban J connectivity index is 2.76. The van der Waals surface area contributed by atoms with Gasteiger partial charge in [0.15, 0.2) is 5.12 Å². The van der Waals surface area contributed by atoms with Crippen LogP contribution >= 0.6 is 11.8 Å². The summed E-state index contributed by atoms with van der Waals surface area (Å²) in [5, 5.41) is 2.10. The minimum Gasteiger partial charge on any atom is -0.467 e. The summed E-state index contributed by atoms with van der Waals surface area (Å²) in [4.78, 5) is 36.0. The molecule has 2 unspecified atom stereocenters. The number of thioether (sulfide) groups is 1. The molecule has 0 heterocycles. The molecule has 0 aliphatic carbocycles. The minimum atomic E-state index is -0.690. The molecule has 0 saturated heterocycles. The van der Waals surface area contributed by atoms with Crippen LogP contribution < -0.4 is 5.32 Å². The summed E-state index contributed by atoms with van der Waals surface area (Å²) in [6, 6.07) is 9.11. The van der Waals surface area contributed by atoms with Crippen LogP contribution in [0.15, 0.2) is 30.3 Å². The van der Waals surface area contributed by atoms with Crippen LogP contribution in [0.5, 0.6) is 0 Å². The lowest BCUT2D eigenvalue weighted by atomic mass is 10.0. The van der Waals surface area contributed by atoms with Crippen LogP contribution in [0.25, 0.3) is 0 Å². The van der Waals surface area contributed by atoms with Crippen LogP contribution in [0.2, 0.25) is 0 Å². The highest BCUT2D eigenvalue weighted by Crippen LogP contribution is 2.19. The molecule has 1 aromatic rings. The highest BCUT2D eigenvalue weighted by Gasteiger charge is 2.28. The number of rotatable bonds is 9. The van der Waals surface area contributed by atoms with Gasteiger partial charge in [-0.2, -0.15) is 0 Å². The van der Waals surface area contributed by atoms with E-state index in [0.717, 1.165) is 17.3 Å². The van der Waals surface area contributed by atoms with Crippen molar-refractivity contribution in [2.24, 2.45) is 5.92 Å². The van der Waals surface area contributed by atoms with Crippen molar-refractivity contribution in [2.75, 3.05) is 7.11 Å². The van der Waals surface area contributed by atoms with Gasteiger partial charge in [0.1, 0.15) is 6.04 Å². The lowest BCUT2D eigenvalue weighted by molar-refractivity contribution is -0.145. The average Bonchev–Trinajstić information content (AvgIpc) is 2.57. The second kappa shape index (κ2) is 10.9. The number of carbonyl (C=O) groups excluding carboxylic acids is 3. The number of esters is 1. The Morgan fingerprint density at radius 1 is 1.16 bits per heavy atom. The predicted octanol–water partition coefficient (Wildman–Crippen LogP) is 2.97. The first-order valence-corrected chi connectivity index (χ1v) is 9.30. The smallest absolute Gasteiger partial charge is 0.328 e. The van der Waals surface area contributed by atoms with Gasteiger partial charge in [-0.15, -0.1) is 0 Å². The maximum atomic E-state index is 12.6. The van der Waals surface area contributed by atoms with Crippen molar-refractivity contribution in [3.8, 4) is 0 Å². The molecule has 0 saturated carbocycles. The second-order valence-corrected chi connectivity index (χ2v) is 7.72. The Morgan fingerprint density at radius 3 is 2.32 bits per heavy atom. The zero-order chi connectivity index (χ0) is 18.8. The van der Waals surface area contributed by atoms with Crippen molar-refractivity contribution in [1.29, 1.82) is 0 Å². The molecule has 25 heavy (non-hydrogen) atoms. The van der Waals surface area contributed by atoms with E-state index >= 15 is 0 Å². The summed E-state index contributed by atoms with van der Waals surface area (Å²) in [6.45, 7) is 5.39. The monoisotopic (exact) mass is 365 g/mol. The Bertz CT molecular complexity index is 574. The zero-order valence-electron chi connectivity index (χ0n) is 15.3. The molecule has 2 atom stereocenters. The van der Waals surface area contributed by atoms with Gasteiger partial charge in [0.25, 0.3) is 0 Å². The van der Waals surface area contributed by atoms with E-state index in [9.17, 15) is 14.4 Å². The van der Waals surface area contributed by atoms with Crippen molar-refractivity contribution < 1.29 is 19.1 Å². The van der Waals surface area contributed by atoms with E-state index in [1.165, 1.54) is 14.0 Å². The molecule has 0 aliphatic rings. The van der Waals surface area contributed by atoms with Crippen molar-refractivity contribution in [3.63, 3.8) is 0 Å². The number of aryl methyl sites for hydroxylation is 1. The number of ether oxygens (including phenoxy) is 1. The third kappa shape index (κ3) is 8.20. The molecule has 0 aliphatic heterocycles. The molecule has 1 N–H and O–H groups in total. The van der Waals surface area contributed by atoms with Gasteiger partial charge in [0.05, 0.1) is 12.4 Å². The summed E-state index contributed by atoms with van der Waals surface area (Å²) in [5.74, 6) is -0.531. The Kier molecular flexibility index (Phi) is 9.27. The molecule has 6 heteroatoms. The fourth-order valence-electron chi connectivity index (χ4n) is 2.48. The first kappa shape index (κ1) is 21.2. The average molecular weight is 365 g/mol. The number of carbonyl (C=O) groups is 3. The van der Waals surface area contributed by atoms with Gasteiger partial charge in [-0.1, -0.05) is 55.9 Å². The molecule has 1 aromatic carbocycles. The molecule has 5 nitrogen and oxygen atoms in total. The summed E-state index contributed by atoms with van der Waals surface area (Å²) in [5.41, 5.74) is 1.11. The summed E-state index contributed by atoms with van der Waals surface area (Å²) in [6.07, 6.45) is 1.70. The van der Waals surface area contributed by atoms with E-state index in [0.29, 0.717) is 19.3 Å². The highest BCUT2D eigenvalue weighted by molar-refractivity contribution is 8.14. The van der Waals surface area contributed by atoms with Crippen molar-refractivity contribution in [1.82, 2.24) is 5.32 Å². The zero-order valence-corrected chi connectivity index (χ0v) is 16.1. The van der Waals surface area contributed by atoms with Crippen LogP contribution in [-0.4, -0.2) is 35.4 Å². The van der Waals surface area contributed by atoms with Gasteiger partial charge in [-0.25, -0.2) is 4.79 Å². The predicted molar refractivity (Wildman–Crippen MR) is 100 cm³/mol. The van der Waals surface area contributed by atoms with Gasteiger partial charge in [-0.3, -0.25) is 9.59 Å². The number of amides is 1. The van der Waals surface area contributed by atoms with Gasteiger partial charge in [0.2, 0.25) is 5.91 Å². The van der Waals surface area contributed by atoms with Crippen LogP contribution in [0.4, 0.5) is 0 Å². The molecule has 0 spiro atoms. The highest BCUT2D eigenvalue weighted by atomic mass is 32.2. The maximum absolute atomic E-state index is 12.6. The Hall–Kier alpha value is -1.82. The van der Waals surface area contributed by atoms with Crippen LogP contribution in [0.3, 0.4) is 0 Å². The lowest BCUT2D eigenvalue weighted by Crippen LogP contribution is -2.46. The van der Waals surface area contributed by atoms with Crippen molar-refractivity contribution in [3.05, 3.63) is 35.9 Å². The molecule has 0 fully saturated rings. The van der Waals surface area contributed by atoms with E-state index < -0.39 is 17.3 Å². The van der Waals surface area contributed by atoms with Crippen LogP contribution in [0, 0.1) is 5.92 Å². The number of hydrogen-bond donors (Lipinski definition) is 1. The fraction of sp³-hybridized carbons (Fsp3) is 0.526. The summed E-state index contributed by atoms with van der Waals surface area (Å²) < 4.78 is 4.78. The quantitative estimate of drug-likeness (QED) is 0.681. The molecule has 1 amide bonds. The molecule has 1 rings (SSSR count). The minimum absolute atomic E-state index is 0.119. The van der Waals surface area contributed by atoms with E-state index in [1.807, 2.05) is 44.2 Å². The normalized spacial score (nSPS) is 13.2. The molecular formula is C19H27NO4S. The first-order valence-electron chi connectivity index (χ1n) is 8.42. The van der Waals surface area contributed by atoms with E-state index in [4.69, 9.17) is 4.74 Å². The van der Waals surface area contributed by atoms with E-state index in [2.05, 4.69) is 5.32 Å².